The monoisotopic (exact) mass is 280 g/mol. The van der Waals surface area contributed by atoms with Crippen LogP contribution in [0.15, 0.2) is 59.4 Å². The predicted molar refractivity (Wildman–Crippen MR) is 84.0 cm³/mol. The fraction of sp³-hybridized carbons (Fsp3) is 0.125. The molecule has 0 amide bonds. The first-order chi connectivity index (χ1) is 10.3. The molecule has 5 nitrogen and oxygen atoms in total. The minimum absolute atomic E-state index is 0.0792. The highest BCUT2D eigenvalue weighted by molar-refractivity contribution is 5.78. The van der Waals surface area contributed by atoms with Crippen molar-refractivity contribution in [3.63, 3.8) is 0 Å². The van der Waals surface area contributed by atoms with Gasteiger partial charge in [0.15, 0.2) is 0 Å². The Morgan fingerprint density at radius 3 is 2.52 bits per heavy atom. The Morgan fingerprint density at radius 1 is 1.05 bits per heavy atom. The Morgan fingerprint density at radius 2 is 1.76 bits per heavy atom. The second-order valence-corrected chi connectivity index (χ2v) is 4.79. The smallest absolute Gasteiger partial charge is 0.262 e. The molecule has 106 valence electrons. The molecule has 3 rings (SSSR count). The Bertz CT molecular complexity index is 811. The van der Waals surface area contributed by atoms with Crippen molar-refractivity contribution in [2.24, 2.45) is 5.84 Å². The van der Waals surface area contributed by atoms with Gasteiger partial charge in [-0.25, -0.2) is 10.8 Å². The number of para-hydroxylation sites is 1. The lowest BCUT2D eigenvalue weighted by atomic mass is 10.1. The summed E-state index contributed by atoms with van der Waals surface area (Å²) < 4.78 is 1.58. The van der Waals surface area contributed by atoms with E-state index in [1.165, 1.54) is 5.56 Å². The molecule has 0 aliphatic rings. The lowest BCUT2D eigenvalue weighted by Crippen LogP contribution is -2.27. The van der Waals surface area contributed by atoms with Crippen LogP contribution in [0.3, 0.4) is 0 Å². The van der Waals surface area contributed by atoms with Crippen LogP contribution >= 0.6 is 0 Å². The Hall–Kier alpha value is -2.66. The number of aryl methyl sites for hydroxylation is 1. The fourth-order valence-electron chi connectivity index (χ4n) is 2.37. The van der Waals surface area contributed by atoms with Crippen LogP contribution in [0, 0.1) is 0 Å². The molecule has 0 bridgehead atoms. The van der Waals surface area contributed by atoms with Crippen molar-refractivity contribution < 1.29 is 0 Å². The summed E-state index contributed by atoms with van der Waals surface area (Å²) in [6.45, 7) is 0.528. The molecule has 0 saturated carbocycles. The number of nitrogens with two attached hydrogens (primary N) is 1. The average molecular weight is 280 g/mol. The fourth-order valence-corrected chi connectivity index (χ4v) is 2.37. The molecule has 0 atom stereocenters. The summed E-state index contributed by atoms with van der Waals surface area (Å²) in [4.78, 5) is 17.0. The summed E-state index contributed by atoms with van der Waals surface area (Å²) in [5.74, 6) is 5.89. The molecular formula is C16H16N4O. The molecule has 1 aromatic heterocycles. The number of hydrogen-bond donors (Lipinski definition) is 2. The Kier molecular flexibility index (Phi) is 3.66. The number of benzene rings is 2. The van der Waals surface area contributed by atoms with Gasteiger partial charge in [-0.1, -0.05) is 42.5 Å². The maximum atomic E-state index is 12.6. The first-order valence-electron chi connectivity index (χ1n) is 6.80. The molecule has 1 heterocycles. The molecule has 5 heteroatoms. The summed E-state index contributed by atoms with van der Waals surface area (Å²) in [5.41, 5.74) is 4.25. The number of nitrogens with one attached hydrogen (secondary N) is 1. The molecule has 0 saturated heterocycles. The van der Waals surface area contributed by atoms with Crippen LogP contribution in [0.4, 0.5) is 5.95 Å². The van der Waals surface area contributed by atoms with E-state index < -0.39 is 0 Å². The van der Waals surface area contributed by atoms with E-state index >= 15 is 0 Å². The van der Waals surface area contributed by atoms with Crippen LogP contribution in [-0.4, -0.2) is 9.55 Å². The minimum Gasteiger partial charge on any atom is -0.294 e. The first kappa shape index (κ1) is 13.3. The average Bonchev–Trinajstić information content (AvgIpc) is 2.55. The molecule has 2 aromatic carbocycles. The normalized spacial score (nSPS) is 10.7. The van der Waals surface area contributed by atoms with E-state index in [-0.39, 0.29) is 5.56 Å². The summed E-state index contributed by atoms with van der Waals surface area (Å²) in [6, 6.07) is 17.3. The third kappa shape index (κ3) is 2.64. The Balaban J connectivity index is 2.01. The van der Waals surface area contributed by atoms with Crippen molar-refractivity contribution in [1.82, 2.24) is 9.55 Å². The summed E-state index contributed by atoms with van der Waals surface area (Å²) in [7, 11) is 0. The third-order valence-corrected chi connectivity index (χ3v) is 3.46. The first-order valence-corrected chi connectivity index (χ1v) is 6.80. The highest BCUT2D eigenvalue weighted by Gasteiger charge is 2.09. The minimum atomic E-state index is -0.0792. The highest BCUT2D eigenvalue weighted by atomic mass is 16.1. The number of anilines is 1. The summed E-state index contributed by atoms with van der Waals surface area (Å²) in [5, 5.41) is 0.601. The van der Waals surface area contributed by atoms with Crippen molar-refractivity contribution >= 4 is 16.9 Å². The van der Waals surface area contributed by atoms with Gasteiger partial charge in [-0.05, 0) is 24.1 Å². The SMILES string of the molecule is NNc1nc2ccccc2c(=O)n1CCc1ccccc1. The number of hydrogen-bond acceptors (Lipinski definition) is 4. The highest BCUT2D eigenvalue weighted by Crippen LogP contribution is 2.11. The van der Waals surface area contributed by atoms with Crippen LogP contribution in [0.2, 0.25) is 0 Å². The standard InChI is InChI=1S/C16H16N4O/c17-19-16-18-14-9-5-4-8-13(14)15(21)20(16)11-10-12-6-2-1-3-7-12/h1-9H,10-11,17H2,(H,18,19). The molecule has 0 aliphatic heterocycles. The van der Waals surface area contributed by atoms with Gasteiger partial charge in [0, 0.05) is 6.54 Å². The van der Waals surface area contributed by atoms with Crippen LogP contribution in [0.1, 0.15) is 5.56 Å². The number of nitrogen functional groups attached to an aromatic ring is 1. The van der Waals surface area contributed by atoms with Crippen molar-refractivity contribution in [2.45, 2.75) is 13.0 Å². The molecule has 0 fully saturated rings. The zero-order valence-corrected chi connectivity index (χ0v) is 11.5. The van der Waals surface area contributed by atoms with E-state index in [1.807, 2.05) is 42.5 Å². The van der Waals surface area contributed by atoms with Gasteiger partial charge in [0.25, 0.3) is 5.56 Å². The van der Waals surface area contributed by atoms with Gasteiger partial charge >= 0.3 is 0 Å². The van der Waals surface area contributed by atoms with Gasteiger partial charge in [0.1, 0.15) is 0 Å². The van der Waals surface area contributed by atoms with Crippen LogP contribution in [-0.2, 0) is 13.0 Å². The zero-order chi connectivity index (χ0) is 14.7. The lowest BCUT2D eigenvalue weighted by Gasteiger charge is -2.12. The van der Waals surface area contributed by atoms with E-state index in [0.29, 0.717) is 23.4 Å². The Labute approximate surface area is 122 Å². The van der Waals surface area contributed by atoms with Crippen LogP contribution in [0.25, 0.3) is 10.9 Å². The van der Waals surface area contributed by atoms with Gasteiger partial charge in [-0.3, -0.25) is 14.8 Å². The predicted octanol–water partition coefficient (Wildman–Crippen LogP) is 1.92. The molecule has 0 radical (unpaired) electrons. The van der Waals surface area contributed by atoms with Crippen molar-refractivity contribution in [3.8, 4) is 0 Å². The van der Waals surface area contributed by atoms with Gasteiger partial charge in [-0.2, -0.15) is 0 Å². The quantitative estimate of drug-likeness (QED) is 0.566. The maximum absolute atomic E-state index is 12.6. The lowest BCUT2D eigenvalue weighted by molar-refractivity contribution is 0.669. The van der Waals surface area contributed by atoms with Gasteiger partial charge in [0.05, 0.1) is 10.9 Å². The maximum Gasteiger partial charge on any atom is 0.262 e. The molecule has 21 heavy (non-hydrogen) atoms. The molecule has 0 aliphatic carbocycles. The molecule has 0 unspecified atom stereocenters. The second-order valence-electron chi connectivity index (χ2n) is 4.79. The van der Waals surface area contributed by atoms with Gasteiger partial charge < -0.3 is 0 Å². The molecule has 3 N–H and O–H groups in total. The second kappa shape index (κ2) is 5.76. The van der Waals surface area contributed by atoms with E-state index in [9.17, 15) is 4.79 Å². The van der Waals surface area contributed by atoms with Crippen LogP contribution < -0.4 is 16.8 Å². The molecular weight excluding hydrogens is 264 g/mol. The van der Waals surface area contributed by atoms with E-state index in [2.05, 4.69) is 10.4 Å². The van der Waals surface area contributed by atoms with Crippen molar-refractivity contribution in [2.75, 3.05) is 5.43 Å². The third-order valence-electron chi connectivity index (χ3n) is 3.46. The summed E-state index contributed by atoms with van der Waals surface area (Å²) >= 11 is 0. The van der Waals surface area contributed by atoms with Crippen LogP contribution in [0.5, 0.6) is 0 Å². The number of hydrazine groups is 1. The molecule has 3 aromatic rings. The van der Waals surface area contributed by atoms with E-state index in [4.69, 9.17) is 5.84 Å². The summed E-state index contributed by atoms with van der Waals surface area (Å²) in [6.07, 6.45) is 0.745. The van der Waals surface area contributed by atoms with E-state index in [0.717, 1.165) is 6.42 Å². The number of rotatable bonds is 4. The van der Waals surface area contributed by atoms with Gasteiger partial charge in [-0.15, -0.1) is 0 Å². The number of aromatic nitrogens is 2. The topological polar surface area (TPSA) is 72.9 Å². The zero-order valence-electron chi connectivity index (χ0n) is 11.5. The van der Waals surface area contributed by atoms with E-state index in [1.54, 1.807) is 16.7 Å². The largest absolute Gasteiger partial charge is 0.294 e. The van der Waals surface area contributed by atoms with Crippen molar-refractivity contribution in [3.05, 3.63) is 70.5 Å². The van der Waals surface area contributed by atoms with Gasteiger partial charge in [0.2, 0.25) is 5.95 Å². The number of fused-ring (bicyclic) bond motifs is 1. The number of nitrogens with zero attached hydrogens (tertiary/aromatic N) is 2. The molecule has 0 spiro atoms. The van der Waals surface area contributed by atoms with Crippen molar-refractivity contribution in [1.29, 1.82) is 0 Å².